The van der Waals surface area contributed by atoms with Gasteiger partial charge in [-0.05, 0) is 44.2 Å². The van der Waals surface area contributed by atoms with Gasteiger partial charge in [0.05, 0.1) is 5.41 Å². The summed E-state index contributed by atoms with van der Waals surface area (Å²) in [6, 6.07) is 8.10. The summed E-state index contributed by atoms with van der Waals surface area (Å²) in [6.07, 6.45) is 4.63. The van der Waals surface area contributed by atoms with Gasteiger partial charge < -0.3 is 9.67 Å². The van der Waals surface area contributed by atoms with Gasteiger partial charge in [0.2, 0.25) is 0 Å². The van der Waals surface area contributed by atoms with Gasteiger partial charge in [0.15, 0.2) is 0 Å². The van der Waals surface area contributed by atoms with E-state index in [-0.39, 0.29) is 0 Å². The molecule has 0 atom stereocenters. The Hall–Kier alpha value is -1.77. The van der Waals surface area contributed by atoms with Crippen LogP contribution in [0.1, 0.15) is 32.3 Å². The SMILES string of the molecule is CC(C)(C(=O)O)c1cn(CC2CC2)c2ccccc12. The third-order valence-electron chi connectivity index (χ3n) is 4.15. The Morgan fingerprint density at radius 3 is 2.68 bits per heavy atom. The maximum absolute atomic E-state index is 11.5. The van der Waals surface area contributed by atoms with E-state index in [0.29, 0.717) is 0 Å². The number of nitrogens with zero attached hydrogens (tertiary/aromatic N) is 1. The molecule has 1 heterocycles. The smallest absolute Gasteiger partial charge is 0.313 e. The standard InChI is InChI=1S/C16H19NO2/c1-16(2,15(18)19)13-10-17(9-11-7-8-11)14-6-4-3-5-12(13)14/h3-6,10-11H,7-9H2,1-2H3,(H,18,19). The lowest BCUT2D eigenvalue weighted by Crippen LogP contribution is -2.28. The minimum absolute atomic E-state index is 0.775. The highest BCUT2D eigenvalue weighted by atomic mass is 16.4. The predicted octanol–water partition coefficient (Wildman–Crippen LogP) is 3.41. The molecular formula is C16H19NO2. The van der Waals surface area contributed by atoms with Crippen LogP contribution in [0.3, 0.4) is 0 Å². The minimum Gasteiger partial charge on any atom is -0.481 e. The van der Waals surface area contributed by atoms with Crippen molar-refractivity contribution in [3.8, 4) is 0 Å². The molecule has 0 radical (unpaired) electrons. The number of rotatable bonds is 4. The number of carbonyl (C=O) groups is 1. The van der Waals surface area contributed by atoms with E-state index in [9.17, 15) is 9.90 Å². The summed E-state index contributed by atoms with van der Waals surface area (Å²) < 4.78 is 2.23. The molecule has 2 aromatic rings. The largest absolute Gasteiger partial charge is 0.481 e. The fraction of sp³-hybridized carbons (Fsp3) is 0.438. The van der Waals surface area contributed by atoms with Crippen LogP contribution in [0.4, 0.5) is 0 Å². The van der Waals surface area contributed by atoms with E-state index < -0.39 is 11.4 Å². The highest BCUT2D eigenvalue weighted by Gasteiger charge is 2.33. The summed E-state index contributed by atoms with van der Waals surface area (Å²) in [6.45, 7) is 4.56. The Bertz CT molecular complexity index is 635. The van der Waals surface area contributed by atoms with Gasteiger partial charge in [0.1, 0.15) is 0 Å². The van der Waals surface area contributed by atoms with Gasteiger partial charge in [0.25, 0.3) is 0 Å². The summed E-state index contributed by atoms with van der Waals surface area (Å²) in [4.78, 5) is 11.5. The normalized spacial score (nSPS) is 15.9. The summed E-state index contributed by atoms with van der Waals surface area (Å²) in [5.74, 6) is -0.00146. The molecule has 3 heteroatoms. The predicted molar refractivity (Wildman–Crippen MR) is 75.3 cm³/mol. The van der Waals surface area contributed by atoms with E-state index in [0.717, 1.165) is 28.9 Å². The van der Waals surface area contributed by atoms with Crippen LogP contribution in [0, 0.1) is 5.92 Å². The van der Waals surface area contributed by atoms with Crippen molar-refractivity contribution in [3.05, 3.63) is 36.0 Å². The van der Waals surface area contributed by atoms with E-state index >= 15 is 0 Å². The second-order valence-corrected chi connectivity index (χ2v) is 6.09. The highest BCUT2D eigenvalue weighted by molar-refractivity contribution is 5.92. The van der Waals surface area contributed by atoms with Gasteiger partial charge in [-0.2, -0.15) is 0 Å². The second kappa shape index (κ2) is 4.12. The summed E-state index contributed by atoms with van der Waals surface area (Å²) in [5, 5.41) is 10.5. The molecule has 0 aliphatic heterocycles. The molecule has 0 saturated heterocycles. The first-order chi connectivity index (χ1) is 9.00. The lowest BCUT2D eigenvalue weighted by Gasteiger charge is -2.18. The Morgan fingerprint density at radius 2 is 2.05 bits per heavy atom. The van der Waals surface area contributed by atoms with Crippen molar-refractivity contribution in [2.45, 2.75) is 38.6 Å². The number of benzene rings is 1. The van der Waals surface area contributed by atoms with E-state index in [2.05, 4.69) is 10.6 Å². The van der Waals surface area contributed by atoms with Crippen LogP contribution in [0.25, 0.3) is 10.9 Å². The molecule has 3 rings (SSSR count). The van der Waals surface area contributed by atoms with Crippen LogP contribution in [0.5, 0.6) is 0 Å². The molecule has 1 aromatic heterocycles. The molecule has 0 bridgehead atoms. The fourth-order valence-electron chi connectivity index (χ4n) is 2.59. The third kappa shape index (κ3) is 2.03. The van der Waals surface area contributed by atoms with E-state index in [1.54, 1.807) is 13.8 Å². The van der Waals surface area contributed by atoms with Crippen molar-refractivity contribution < 1.29 is 9.90 Å². The molecule has 1 saturated carbocycles. The number of para-hydroxylation sites is 1. The van der Waals surface area contributed by atoms with Gasteiger partial charge in [-0.15, -0.1) is 0 Å². The van der Waals surface area contributed by atoms with Gasteiger partial charge >= 0.3 is 5.97 Å². The Balaban J connectivity index is 2.16. The molecule has 1 aromatic carbocycles. The minimum atomic E-state index is -0.853. The molecule has 1 aliphatic rings. The lowest BCUT2D eigenvalue weighted by molar-refractivity contribution is -0.142. The first-order valence-electron chi connectivity index (χ1n) is 6.82. The molecule has 100 valence electrons. The van der Waals surface area contributed by atoms with E-state index in [1.165, 1.54) is 12.8 Å². The van der Waals surface area contributed by atoms with Crippen LogP contribution in [-0.2, 0) is 16.8 Å². The zero-order valence-electron chi connectivity index (χ0n) is 11.4. The number of carboxylic acid groups (broad SMARTS) is 1. The van der Waals surface area contributed by atoms with Crippen LogP contribution in [0.2, 0.25) is 0 Å². The van der Waals surface area contributed by atoms with E-state index in [4.69, 9.17) is 0 Å². The molecule has 0 amide bonds. The van der Waals surface area contributed by atoms with Crippen molar-refractivity contribution in [3.63, 3.8) is 0 Å². The number of hydrogen-bond donors (Lipinski definition) is 1. The van der Waals surface area contributed by atoms with Gasteiger partial charge in [-0.1, -0.05) is 18.2 Å². The van der Waals surface area contributed by atoms with Crippen molar-refractivity contribution >= 4 is 16.9 Å². The fourth-order valence-corrected chi connectivity index (χ4v) is 2.59. The monoisotopic (exact) mass is 257 g/mol. The summed E-state index contributed by atoms with van der Waals surface area (Å²) >= 11 is 0. The Labute approximate surface area is 112 Å². The van der Waals surface area contributed by atoms with Crippen molar-refractivity contribution in [1.82, 2.24) is 4.57 Å². The molecule has 1 N–H and O–H groups in total. The zero-order valence-corrected chi connectivity index (χ0v) is 11.4. The van der Waals surface area contributed by atoms with Crippen LogP contribution in [-0.4, -0.2) is 15.6 Å². The lowest BCUT2D eigenvalue weighted by atomic mass is 9.85. The first-order valence-corrected chi connectivity index (χ1v) is 6.82. The van der Waals surface area contributed by atoms with Crippen molar-refractivity contribution in [2.75, 3.05) is 0 Å². The van der Waals surface area contributed by atoms with Crippen LogP contribution < -0.4 is 0 Å². The summed E-state index contributed by atoms with van der Waals surface area (Å²) in [7, 11) is 0. The maximum Gasteiger partial charge on any atom is 0.313 e. The van der Waals surface area contributed by atoms with Crippen LogP contribution in [0.15, 0.2) is 30.5 Å². The quantitative estimate of drug-likeness (QED) is 0.912. The topological polar surface area (TPSA) is 42.2 Å². The first kappa shape index (κ1) is 12.3. The number of aliphatic carboxylic acids is 1. The highest BCUT2D eigenvalue weighted by Crippen LogP contribution is 2.36. The molecule has 1 fully saturated rings. The molecule has 0 spiro atoms. The maximum atomic E-state index is 11.5. The third-order valence-corrected chi connectivity index (χ3v) is 4.15. The number of carboxylic acids is 1. The molecule has 0 unspecified atom stereocenters. The van der Waals surface area contributed by atoms with E-state index in [1.807, 2.05) is 24.4 Å². The Morgan fingerprint density at radius 1 is 1.37 bits per heavy atom. The molecule has 19 heavy (non-hydrogen) atoms. The van der Waals surface area contributed by atoms with Gasteiger partial charge in [-0.3, -0.25) is 4.79 Å². The molecule has 1 aliphatic carbocycles. The number of fused-ring (bicyclic) bond motifs is 1. The number of aromatic nitrogens is 1. The van der Waals surface area contributed by atoms with Crippen molar-refractivity contribution in [2.24, 2.45) is 5.92 Å². The Kier molecular flexibility index (Phi) is 2.66. The van der Waals surface area contributed by atoms with Gasteiger partial charge in [0, 0.05) is 23.6 Å². The van der Waals surface area contributed by atoms with Crippen molar-refractivity contribution in [1.29, 1.82) is 0 Å². The number of hydrogen-bond acceptors (Lipinski definition) is 1. The average Bonchev–Trinajstić information content (AvgIpc) is 3.10. The van der Waals surface area contributed by atoms with Crippen LogP contribution >= 0.6 is 0 Å². The molecular weight excluding hydrogens is 238 g/mol. The summed E-state index contributed by atoms with van der Waals surface area (Å²) in [5.41, 5.74) is 1.21. The zero-order chi connectivity index (χ0) is 13.6. The molecule has 3 nitrogen and oxygen atoms in total. The van der Waals surface area contributed by atoms with Gasteiger partial charge in [-0.25, -0.2) is 0 Å². The second-order valence-electron chi connectivity index (χ2n) is 6.09. The average molecular weight is 257 g/mol.